The fourth-order valence-corrected chi connectivity index (χ4v) is 3.19. The highest BCUT2D eigenvalue weighted by atomic mass is 16.2. The van der Waals surface area contributed by atoms with Crippen molar-refractivity contribution in [3.05, 3.63) is 41.5 Å². The van der Waals surface area contributed by atoms with Crippen molar-refractivity contribution in [2.45, 2.75) is 34.6 Å². The Morgan fingerprint density at radius 3 is 2.54 bits per heavy atom. The number of benzene rings is 1. The molecule has 2 N–H and O–H groups in total. The summed E-state index contributed by atoms with van der Waals surface area (Å²) in [7, 11) is 0. The van der Waals surface area contributed by atoms with E-state index in [0.29, 0.717) is 11.8 Å². The number of carbonyl (C=O) groups is 1. The van der Waals surface area contributed by atoms with Crippen LogP contribution in [-0.4, -0.2) is 21.1 Å². The molecule has 0 saturated heterocycles. The number of nitrogens with one attached hydrogen (secondary N) is 2. The van der Waals surface area contributed by atoms with Gasteiger partial charge in [0.1, 0.15) is 0 Å². The Morgan fingerprint density at radius 2 is 1.92 bits per heavy atom. The maximum absolute atomic E-state index is 12.5. The van der Waals surface area contributed by atoms with E-state index in [4.69, 9.17) is 0 Å². The number of H-pyrrole nitrogens is 1. The van der Waals surface area contributed by atoms with Gasteiger partial charge in [0, 0.05) is 5.56 Å². The molecule has 0 unspecified atom stereocenters. The predicted molar refractivity (Wildman–Crippen MR) is 95.4 cm³/mol. The van der Waals surface area contributed by atoms with Crippen molar-refractivity contribution in [1.29, 1.82) is 0 Å². The van der Waals surface area contributed by atoms with Crippen LogP contribution in [0.1, 0.15) is 33.3 Å². The average Bonchev–Trinajstić information content (AvgIpc) is 2.84. The second kappa shape index (κ2) is 5.89. The molecule has 0 radical (unpaired) electrons. The normalized spacial score (nSPS) is 21.2. The van der Waals surface area contributed by atoms with Gasteiger partial charge in [-0.1, -0.05) is 55.3 Å². The number of aryl methyl sites for hydroxylation is 1. The molecule has 126 valence electrons. The van der Waals surface area contributed by atoms with E-state index in [-0.39, 0.29) is 23.2 Å². The quantitative estimate of drug-likeness (QED) is 0.836. The first-order chi connectivity index (χ1) is 11.3. The van der Waals surface area contributed by atoms with Gasteiger partial charge in [-0.15, -0.1) is 5.10 Å². The number of nitrogens with zero attached hydrogens (tertiary/aromatic N) is 2. The van der Waals surface area contributed by atoms with Crippen LogP contribution in [-0.2, 0) is 4.79 Å². The van der Waals surface area contributed by atoms with Gasteiger partial charge in [-0.2, -0.15) is 4.98 Å². The topological polar surface area (TPSA) is 70.7 Å². The van der Waals surface area contributed by atoms with Crippen LogP contribution in [0.25, 0.3) is 11.4 Å². The first kappa shape index (κ1) is 16.4. The molecule has 2 aromatic rings. The van der Waals surface area contributed by atoms with Crippen molar-refractivity contribution in [2.24, 2.45) is 17.3 Å². The van der Waals surface area contributed by atoms with E-state index in [1.54, 1.807) is 0 Å². The Balaban J connectivity index is 1.70. The summed E-state index contributed by atoms with van der Waals surface area (Å²) in [6.45, 7) is 10.4. The summed E-state index contributed by atoms with van der Waals surface area (Å²) >= 11 is 0. The molecule has 24 heavy (non-hydrogen) atoms. The van der Waals surface area contributed by atoms with Crippen LogP contribution in [0.4, 0.5) is 5.95 Å². The number of aromatic amines is 1. The lowest BCUT2D eigenvalue weighted by atomic mass is 10.1. The molecule has 3 rings (SSSR count). The van der Waals surface area contributed by atoms with Crippen LogP contribution in [0.2, 0.25) is 0 Å². The monoisotopic (exact) mass is 324 g/mol. The number of rotatable bonds is 4. The molecule has 0 spiro atoms. The third-order valence-electron chi connectivity index (χ3n) is 4.75. The predicted octanol–water partition coefficient (Wildman–Crippen LogP) is 3.96. The van der Waals surface area contributed by atoms with Crippen molar-refractivity contribution in [3.8, 4) is 11.4 Å². The summed E-state index contributed by atoms with van der Waals surface area (Å²) < 4.78 is 0. The maximum atomic E-state index is 12.5. The molecule has 5 nitrogen and oxygen atoms in total. The van der Waals surface area contributed by atoms with Gasteiger partial charge >= 0.3 is 0 Å². The van der Waals surface area contributed by atoms with Gasteiger partial charge in [-0.05, 0) is 32.1 Å². The van der Waals surface area contributed by atoms with Crippen LogP contribution in [0, 0.1) is 24.2 Å². The largest absolute Gasteiger partial charge is 0.293 e. The van der Waals surface area contributed by atoms with Crippen LogP contribution >= 0.6 is 0 Å². The Morgan fingerprint density at radius 1 is 1.25 bits per heavy atom. The van der Waals surface area contributed by atoms with Crippen molar-refractivity contribution >= 4 is 11.9 Å². The summed E-state index contributed by atoms with van der Waals surface area (Å²) in [5.74, 6) is 1.21. The highest BCUT2D eigenvalue weighted by Crippen LogP contribution is 2.59. The van der Waals surface area contributed by atoms with Crippen molar-refractivity contribution < 1.29 is 4.79 Å². The third kappa shape index (κ3) is 3.11. The number of carbonyl (C=O) groups excluding carboxylic acids is 1. The van der Waals surface area contributed by atoms with Crippen molar-refractivity contribution in [2.75, 3.05) is 5.32 Å². The average molecular weight is 324 g/mol. The molecule has 0 bridgehead atoms. The molecule has 1 aromatic heterocycles. The molecule has 2 atom stereocenters. The lowest BCUT2D eigenvalue weighted by molar-refractivity contribution is -0.118. The second-order valence-electron chi connectivity index (χ2n) is 7.43. The van der Waals surface area contributed by atoms with Crippen LogP contribution in [0.3, 0.4) is 0 Å². The Bertz CT molecular complexity index is 782. The Hall–Kier alpha value is -2.43. The molecule has 1 amide bonds. The first-order valence-electron chi connectivity index (χ1n) is 8.24. The van der Waals surface area contributed by atoms with E-state index in [9.17, 15) is 4.79 Å². The minimum Gasteiger partial charge on any atom is -0.293 e. The lowest BCUT2D eigenvalue weighted by Gasteiger charge is -2.01. The molecular formula is C19H24N4O. The highest BCUT2D eigenvalue weighted by Gasteiger charge is 2.60. The van der Waals surface area contributed by atoms with Gasteiger partial charge < -0.3 is 0 Å². The molecule has 1 aliphatic rings. The Labute approximate surface area is 142 Å². The van der Waals surface area contributed by atoms with E-state index >= 15 is 0 Å². The number of anilines is 1. The zero-order chi connectivity index (χ0) is 17.5. The SMILES string of the molecule is CC(C)=C[C@@H]1[C@H](C(=O)Nc2n[nH]c(-c3ccc(C)cc3)n2)C1(C)C. The fraction of sp³-hybridized carbons (Fsp3) is 0.421. The summed E-state index contributed by atoms with van der Waals surface area (Å²) in [5.41, 5.74) is 3.36. The molecule has 1 aliphatic carbocycles. The summed E-state index contributed by atoms with van der Waals surface area (Å²) in [5, 5.41) is 9.84. The number of aromatic nitrogens is 3. The van der Waals surface area contributed by atoms with Crippen LogP contribution in [0.15, 0.2) is 35.9 Å². The minimum atomic E-state index is -0.0336. The van der Waals surface area contributed by atoms with E-state index in [1.807, 2.05) is 31.2 Å². The molecule has 1 saturated carbocycles. The molecule has 0 aliphatic heterocycles. The minimum absolute atomic E-state index is 0.0164. The molecule has 1 aromatic carbocycles. The van der Waals surface area contributed by atoms with Gasteiger partial charge in [0.05, 0.1) is 5.92 Å². The van der Waals surface area contributed by atoms with E-state index in [2.05, 4.69) is 54.3 Å². The number of allylic oxidation sites excluding steroid dienone is 2. The fourth-order valence-electron chi connectivity index (χ4n) is 3.19. The van der Waals surface area contributed by atoms with Crippen molar-refractivity contribution in [3.63, 3.8) is 0 Å². The van der Waals surface area contributed by atoms with Gasteiger partial charge in [0.25, 0.3) is 0 Å². The number of hydrogen-bond donors (Lipinski definition) is 2. The van der Waals surface area contributed by atoms with Gasteiger partial charge in [0.15, 0.2) is 5.82 Å². The highest BCUT2D eigenvalue weighted by molar-refractivity contribution is 5.94. The summed E-state index contributed by atoms with van der Waals surface area (Å²) in [6, 6.07) is 8.01. The Kier molecular flexibility index (Phi) is 4.03. The van der Waals surface area contributed by atoms with Gasteiger partial charge in [-0.25, -0.2) is 0 Å². The van der Waals surface area contributed by atoms with E-state index in [0.717, 1.165) is 5.56 Å². The van der Waals surface area contributed by atoms with Gasteiger partial charge in [-0.3, -0.25) is 15.2 Å². The smallest absolute Gasteiger partial charge is 0.249 e. The second-order valence-corrected chi connectivity index (χ2v) is 7.43. The van der Waals surface area contributed by atoms with Crippen molar-refractivity contribution in [1.82, 2.24) is 15.2 Å². The zero-order valence-corrected chi connectivity index (χ0v) is 14.8. The van der Waals surface area contributed by atoms with E-state index < -0.39 is 0 Å². The maximum Gasteiger partial charge on any atom is 0.249 e. The lowest BCUT2D eigenvalue weighted by Crippen LogP contribution is -2.17. The first-order valence-corrected chi connectivity index (χ1v) is 8.24. The number of hydrogen-bond acceptors (Lipinski definition) is 3. The molecule has 1 heterocycles. The summed E-state index contributed by atoms with van der Waals surface area (Å²) in [4.78, 5) is 16.9. The molecule has 1 fully saturated rings. The molecular weight excluding hydrogens is 300 g/mol. The summed E-state index contributed by atoms with van der Waals surface area (Å²) in [6.07, 6.45) is 2.18. The zero-order valence-electron chi connectivity index (χ0n) is 14.8. The van der Waals surface area contributed by atoms with Crippen LogP contribution < -0.4 is 5.32 Å². The number of amides is 1. The van der Waals surface area contributed by atoms with Gasteiger partial charge in [0.2, 0.25) is 11.9 Å². The van der Waals surface area contributed by atoms with E-state index in [1.165, 1.54) is 11.1 Å². The third-order valence-corrected chi connectivity index (χ3v) is 4.75. The molecule has 5 heteroatoms. The van der Waals surface area contributed by atoms with Crippen LogP contribution in [0.5, 0.6) is 0 Å². The standard InChI is InChI=1S/C19H24N4O/c1-11(2)10-14-15(19(14,4)5)17(24)21-18-20-16(22-23-18)13-8-6-12(3)7-9-13/h6-10,14-15H,1-5H3,(H2,20,21,22,23,24)/t14-,15-/m1/s1.